The van der Waals surface area contributed by atoms with Crippen LogP contribution in [0.15, 0.2) is 35.8 Å². The summed E-state index contributed by atoms with van der Waals surface area (Å²) >= 11 is 1.77. The first kappa shape index (κ1) is 12.8. The van der Waals surface area contributed by atoms with Gasteiger partial charge in [0.1, 0.15) is 5.01 Å². The summed E-state index contributed by atoms with van der Waals surface area (Å²) in [5.74, 6) is 0. The van der Waals surface area contributed by atoms with Crippen LogP contribution in [-0.2, 0) is 12.0 Å². The molecule has 2 nitrogen and oxygen atoms in total. The highest BCUT2D eigenvalue weighted by atomic mass is 32.1. The van der Waals surface area contributed by atoms with Gasteiger partial charge in [0.15, 0.2) is 0 Å². The molecule has 0 amide bonds. The Morgan fingerprint density at radius 2 is 2.26 bits per heavy atom. The van der Waals surface area contributed by atoms with E-state index in [4.69, 9.17) is 0 Å². The first-order valence-electron chi connectivity index (χ1n) is 7.10. The van der Waals surface area contributed by atoms with Crippen LogP contribution < -0.4 is 5.32 Å². The number of aromatic nitrogens is 1. The largest absolute Gasteiger partial charge is 0.302 e. The second kappa shape index (κ2) is 5.43. The summed E-state index contributed by atoms with van der Waals surface area (Å²) in [7, 11) is 0. The average Bonchev–Trinajstić information content (AvgIpc) is 3.00. The number of nitrogens with zero attached hydrogens (tertiary/aromatic N) is 1. The van der Waals surface area contributed by atoms with E-state index in [0.717, 1.165) is 19.4 Å². The molecule has 0 bridgehead atoms. The molecule has 1 aliphatic rings. The lowest BCUT2D eigenvalue weighted by molar-refractivity contribution is 0.343. The minimum absolute atomic E-state index is 0.0565. The van der Waals surface area contributed by atoms with Crippen molar-refractivity contribution in [3.05, 3.63) is 52.0 Å². The molecule has 0 aliphatic heterocycles. The second-order valence-electron chi connectivity index (χ2n) is 5.18. The van der Waals surface area contributed by atoms with Crippen LogP contribution in [0.4, 0.5) is 0 Å². The van der Waals surface area contributed by atoms with Crippen LogP contribution in [0.5, 0.6) is 0 Å². The van der Waals surface area contributed by atoms with E-state index in [0.29, 0.717) is 0 Å². The molecule has 1 aromatic heterocycles. The van der Waals surface area contributed by atoms with E-state index in [2.05, 4.69) is 46.9 Å². The fourth-order valence-corrected chi connectivity index (χ4v) is 3.95. The summed E-state index contributed by atoms with van der Waals surface area (Å²) in [6, 6.07) is 8.85. The first-order valence-corrected chi connectivity index (χ1v) is 7.98. The topological polar surface area (TPSA) is 24.9 Å². The van der Waals surface area contributed by atoms with Crippen LogP contribution in [0.2, 0.25) is 0 Å². The molecule has 0 radical (unpaired) electrons. The molecule has 1 N–H and O–H groups in total. The van der Waals surface area contributed by atoms with Crippen molar-refractivity contribution in [2.45, 2.75) is 38.1 Å². The molecule has 3 rings (SSSR count). The molecular weight excluding hydrogens is 252 g/mol. The average molecular weight is 272 g/mol. The molecule has 3 heteroatoms. The van der Waals surface area contributed by atoms with Gasteiger partial charge in [-0.25, -0.2) is 4.98 Å². The van der Waals surface area contributed by atoms with Crippen LogP contribution in [0.1, 0.15) is 42.3 Å². The monoisotopic (exact) mass is 272 g/mol. The van der Waals surface area contributed by atoms with Gasteiger partial charge in [0.05, 0.1) is 5.54 Å². The van der Waals surface area contributed by atoms with E-state index in [-0.39, 0.29) is 5.54 Å². The highest BCUT2D eigenvalue weighted by molar-refractivity contribution is 7.09. The maximum atomic E-state index is 4.62. The maximum Gasteiger partial charge on any atom is 0.117 e. The Morgan fingerprint density at radius 1 is 1.37 bits per heavy atom. The van der Waals surface area contributed by atoms with Crippen molar-refractivity contribution >= 4 is 11.3 Å². The maximum absolute atomic E-state index is 4.62. The SMILES string of the molecule is CCCNC1(c2nccs2)CCCc2ccccc21. The fraction of sp³-hybridized carbons (Fsp3) is 0.438. The molecule has 1 unspecified atom stereocenters. The predicted octanol–water partition coefficient (Wildman–Crippen LogP) is 3.72. The Hall–Kier alpha value is -1.19. The molecule has 2 aromatic rings. The van der Waals surface area contributed by atoms with Crippen molar-refractivity contribution in [3.8, 4) is 0 Å². The third kappa shape index (κ3) is 2.21. The van der Waals surface area contributed by atoms with Crippen LogP contribution >= 0.6 is 11.3 Å². The van der Waals surface area contributed by atoms with Crippen LogP contribution in [0.3, 0.4) is 0 Å². The molecule has 0 fully saturated rings. The quantitative estimate of drug-likeness (QED) is 0.917. The molecule has 19 heavy (non-hydrogen) atoms. The van der Waals surface area contributed by atoms with E-state index in [1.54, 1.807) is 11.3 Å². The Kier molecular flexibility index (Phi) is 3.67. The molecule has 1 heterocycles. The van der Waals surface area contributed by atoms with Crippen molar-refractivity contribution in [2.75, 3.05) is 6.54 Å². The number of fused-ring (bicyclic) bond motifs is 1. The van der Waals surface area contributed by atoms with Gasteiger partial charge in [-0.15, -0.1) is 11.3 Å². The zero-order valence-electron chi connectivity index (χ0n) is 11.4. The smallest absolute Gasteiger partial charge is 0.117 e. The van der Waals surface area contributed by atoms with Crippen molar-refractivity contribution in [1.82, 2.24) is 10.3 Å². The highest BCUT2D eigenvalue weighted by Crippen LogP contribution is 2.41. The molecule has 100 valence electrons. The molecule has 0 spiro atoms. The van der Waals surface area contributed by atoms with Crippen LogP contribution in [0.25, 0.3) is 0 Å². The fourth-order valence-electron chi connectivity index (χ4n) is 3.09. The number of thiazole rings is 1. The zero-order valence-corrected chi connectivity index (χ0v) is 12.2. The van der Waals surface area contributed by atoms with Crippen molar-refractivity contribution in [3.63, 3.8) is 0 Å². The van der Waals surface area contributed by atoms with Crippen LogP contribution in [-0.4, -0.2) is 11.5 Å². The molecule has 0 saturated carbocycles. The molecule has 0 saturated heterocycles. The summed E-state index contributed by atoms with van der Waals surface area (Å²) < 4.78 is 0. The summed E-state index contributed by atoms with van der Waals surface area (Å²) in [6.07, 6.45) is 6.64. The Morgan fingerprint density at radius 3 is 3.05 bits per heavy atom. The number of benzene rings is 1. The minimum atomic E-state index is -0.0565. The predicted molar refractivity (Wildman–Crippen MR) is 80.6 cm³/mol. The van der Waals surface area contributed by atoms with E-state index in [1.807, 2.05) is 6.20 Å². The lowest BCUT2D eigenvalue weighted by Gasteiger charge is -2.38. The van der Waals surface area contributed by atoms with E-state index < -0.39 is 0 Å². The van der Waals surface area contributed by atoms with Crippen molar-refractivity contribution < 1.29 is 0 Å². The lowest BCUT2D eigenvalue weighted by atomic mass is 9.76. The van der Waals surface area contributed by atoms with Gasteiger partial charge in [-0.3, -0.25) is 0 Å². The third-order valence-electron chi connectivity index (χ3n) is 3.95. The number of nitrogens with one attached hydrogen (secondary N) is 1. The standard InChI is InChI=1S/C16H20N2S/c1-2-10-18-16(15-17-11-12-19-15)9-5-7-13-6-3-4-8-14(13)16/h3-4,6,8,11-12,18H,2,5,7,9-10H2,1H3. The van der Waals surface area contributed by atoms with Crippen molar-refractivity contribution in [1.29, 1.82) is 0 Å². The summed E-state index contributed by atoms with van der Waals surface area (Å²) in [6.45, 7) is 3.26. The van der Waals surface area contributed by atoms with Gasteiger partial charge in [0, 0.05) is 11.6 Å². The van der Waals surface area contributed by atoms with E-state index in [1.165, 1.54) is 29.0 Å². The van der Waals surface area contributed by atoms with Crippen LogP contribution in [0, 0.1) is 0 Å². The number of hydrogen-bond donors (Lipinski definition) is 1. The normalized spacial score (nSPS) is 22.2. The number of aryl methyl sites for hydroxylation is 1. The van der Waals surface area contributed by atoms with Crippen molar-refractivity contribution in [2.24, 2.45) is 0 Å². The Balaban J connectivity index is 2.10. The second-order valence-corrected chi connectivity index (χ2v) is 6.07. The molecule has 1 atom stereocenters. The lowest BCUT2D eigenvalue weighted by Crippen LogP contribution is -2.46. The summed E-state index contributed by atoms with van der Waals surface area (Å²) in [4.78, 5) is 4.62. The third-order valence-corrected chi connectivity index (χ3v) is 4.88. The first-order chi connectivity index (χ1) is 9.37. The Bertz CT molecular complexity index is 535. The van der Waals surface area contributed by atoms with Gasteiger partial charge < -0.3 is 5.32 Å². The van der Waals surface area contributed by atoms with E-state index in [9.17, 15) is 0 Å². The zero-order chi connectivity index (χ0) is 13.1. The summed E-state index contributed by atoms with van der Waals surface area (Å²) in [5.41, 5.74) is 2.86. The summed E-state index contributed by atoms with van der Waals surface area (Å²) in [5, 5.41) is 7.09. The van der Waals surface area contributed by atoms with Gasteiger partial charge in [-0.2, -0.15) is 0 Å². The Labute approximate surface area is 118 Å². The number of rotatable bonds is 4. The highest BCUT2D eigenvalue weighted by Gasteiger charge is 2.39. The van der Waals surface area contributed by atoms with E-state index >= 15 is 0 Å². The van der Waals surface area contributed by atoms with Gasteiger partial charge in [-0.1, -0.05) is 31.2 Å². The molecular formula is C16H20N2S. The molecule has 1 aromatic carbocycles. The molecule has 1 aliphatic carbocycles. The van der Waals surface area contributed by atoms with Gasteiger partial charge in [-0.05, 0) is 43.4 Å². The van der Waals surface area contributed by atoms with Gasteiger partial charge in [0.25, 0.3) is 0 Å². The minimum Gasteiger partial charge on any atom is -0.302 e. The van der Waals surface area contributed by atoms with Gasteiger partial charge >= 0.3 is 0 Å². The van der Waals surface area contributed by atoms with Gasteiger partial charge in [0.2, 0.25) is 0 Å². The number of hydrogen-bond acceptors (Lipinski definition) is 3.